The summed E-state index contributed by atoms with van der Waals surface area (Å²) in [4.78, 5) is 17.2. The summed E-state index contributed by atoms with van der Waals surface area (Å²) in [6, 6.07) is 16.2. The fraction of sp³-hybridized carbons (Fsp3) is 0.400. The van der Waals surface area contributed by atoms with Crippen molar-refractivity contribution in [1.82, 2.24) is 9.80 Å². The van der Waals surface area contributed by atoms with Crippen LogP contribution >= 0.6 is 0 Å². The van der Waals surface area contributed by atoms with Crippen LogP contribution in [0.25, 0.3) is 6.08 Å². The van der Waals surface area contributed by atoms with E-state index in [2.05, 4.69) is 29.7 Å². The third-order valence-electron chi connectivity index (χ3n) is 5.23. The zero-order chi connectivity index (χ0) is 21.7. The molecule has 0 radical (unpaired) electrons. The molecule has 0 spiro atoms. The van der Waals surface area contributed by atoms with Gasteiger partial charge in [0.15, 0.2) is 0 Å². The van der Waals surface area contributed by atoms with Crippen LogP contribution in [0.3, 0.4) is 0 Å². The molecule has 1 aliphatic heterocycles. The van der Waals surface area contributed by atoms with Gasteiger partial charge in [0, 0.05) is 26.2 Å². The Morgan fingerprint density at radius 3 is 2.47 bits per heavy atom. The summed E-state index contributed by atoms with van der Waals surface area (Å²) in [5, 5.41) is 0. The van der Waals surface area contributed by atoms with Crippen LogP contribution in [-0.4, -0.2) is 48.2 Å². The van der Waals surface area contributed by atoms with Gasteiger partial charge in [-0.2, -0.15) is 0 Å². The predicted octanol–water partition coefficient (Wildman–Crippen LogP) is 5.13. The van der Waals surface area contributed by atoms with Gasteiger partial charge < -0.3 is 9.47 Å². The van der Waals surface area contributed by atoms with Gasteiger partial charge in [-0.15, -0.1) is 0 Å². The molecule has 0 bridgehead atoms. The van der Waals surface area contributed by atoms with E-state index in [4.69, 9.17) is 9.47 Å². The second kappa shape index (κ2) is 9.35. The zero-order valence-corrected chi connectivity index (χ0v) is 18.4. The normalized spacial score (nSPS) is 17.5. The van der Waals surface area contributed by atoms with E-state index in [-0.39, 0.29) is 12.1 Å². The summed E-state index contributed by atoms with van der Waals surface area (Å²) in [5.74, 6) is 0.853. The monoisotopic (exact) mass is 408 g/mol. The Labute approximate surface area is 179 Å². The van der Waals surface area contributed by atoms with E-state index in [1.807, 2.05) is 62.1 Å². The minimum Gasteiger partial charge on any atom is -0.497 e. The molecule has 1 saturated heterocycles. The molecule has 0 aliphatic carbocycles. The van der Waals surface area contributed by atoms with Crippen molar-refractivity contribution in [3.05, 3.63) is 71.8 Å². The first-order chi connectivity index (χ1) is 14.3. The first kappa shape index (κ1) is 21.9. The molecule has 1 aliphatic rings. The van der Waals surface area contributed by atoms with Crippen LogP contribution in [0.4, 0.5) is 4.79 Å². The van der Waals surface area contributed by atoms with Crippen LogP contribution in [-0.2, 0) is 11.3 Å². The number of piperazine rings is 1. The van der Waals surface area contributed by atoms with Crippen LogP contribution in [0.5, 0.6) is 5.75 Å². The number of ether oxygens (including phenoxy) is 2. The number of carbonyl (C=O) groups excluding carboxylic acids is 1. The Morgan fingerprint density at radius 2 is 1.83 bits per heavy atom. The number of rotatable bonds is 5. The smallest absolute Gasteiger partial charge is 0.410 e. The van der Waals surface area contributed by atoms with Crippen molar-refractivity contribution >= 4 is 12.2 Å². The number of nitrogens with zero attached hydrogens (tertiary/aromatic N) is 2. The van der Waals surface area contributed by atoms with E-state index in [0.29, 0.717) is 6.54 Å². The summed E-state index contributed by atoms with van der Waals surface area (Å²) < 4.78 is 11.0. The summed E-state index contributed by atoms with van der Waals surface area (Å²) in [6.07, 6.45) is 1.58. The second-order valence-electron chi connectivity index (χ2n) is 8.61. The summed E-state index contributed by atoms with van der Waals surface area (Å²) >= 11 is 0. The van der Waals surface area contributed by atoms with Crippen molar-refractivity contribution in [2.24, 2.45) is 0 Å². The lowest BCUT2D eigenvalue weighted by atomic mass is 9.97. The van der Waals surface area contributed by atoms with E-state index in [1.54, 1.807) is 7.11 Å². The molecule has 5 heteroatoms. The number of methoxy groups -OCH3 is 1. The zero-order valence-electron chi connectivity index (χ0n) is 18.4. The molecule has 1 heterocycles. The van der Waals surface area contributed by atoms with Crippen molar-refractivity contribution in [3.63, 3.8) is 0 Å². The third kappa shape index (κ3) is 5.42. The van der Waals surface area contributed by atoms with E-state index in [9.17, 15) is 4.79 Å². The van der Waals surface area contributed by atoms with Gasteiger partial charge >= 0.3 is 6.09 Å². The molecule has 3 rings (SSSR count). The Hall–Kier alpha value is -2.79. The number of hydrogen-bond acceptors (Lipinski definition) is 4. The molecule has 30 heavy (non-hydrogen) atoms. The lowest BCUT2D eigenvalue weighted by molar-refractivity contribution is -0.00300. The molecule has 2 aromatic carbocycles. The van der Waals surface area contributed by atoms with Gasteiger partial charge in [0.2, 0.25) is 0 Å². The molecule has 5 nitrogen and oxygen atoms in total. The SMILES string of the molecule is C=Cc1ccccc1C1CN(Cc2ccc(OC)cc2)CCN1C(=O)OC(C)(C)C. The highest BCUT2D eigenvalue weighted by molar-refractivity contribution is 5.69. The molecule has 1 atom stereocenters. The molecule has 0 aromatic heterocycles. The fourth-order valence-electron chi connectivity index (χ4n) is 3.78. The standard InChI is InChI=1S/C25H32N2O3/c1-6-20-9-7-8-10-22(20)23-18-26(17-19-11-13-21(29-5)14-12-19)15-16-27(23)24(28)30-25(2,3)4/h6-14,23H,1,15-18H2,2-5H3. The third-order valence-corrected chi connectivity index (χ3v) is 5.23. The van der Waals surface area contributed by atoms with Gasteiger partial charge in [-0.25, -0.2) is 4.79 Å². The van der Waals surface area contributed by atoms with Gasteiger partial charge in [0.25, 0.3) is 0 Å². The van der Waals surface area contributed by atoms with E-state index < -0.39 is 5.60 Å². The van der Waals surface area contributed by atoms with E-state index in [1.165, 1.54) is 5.56 Å². The maximum atomic E-state index is 13.0. The average molecular weight is 409 g/mol. The Kier molecular flexibility index (Phi) is 6.83. The number of amides is 1. The van der Waals surface area contributed by atoms with Crippen LogP contribution in [0.1, 0.15) is 43.5 Å². The minimum absolute atomic E-state index is 0.0963. The van der Waals surface area contributed by atoms with E-state index >= 15 is 0 Å². The molecule has 160 valence electrons. The largest absolute Gasteiger partial charge is 0.497 e. The first-order valence-electron chi connectivity index (χ1n) is 10.4. The van der Waals surface area contributed by atoms with Gasteiger partial charge in [-0.1, -0.05) is 49.1 Å². The van der Waals surface area contributed by atoms with Gasteiger partial charge in [0.1, 0.15) is 11.4 Å². The van der Waals surface area contributed by atoms with Crippen LogP contribution < -0.4 is 4.74 Å². The minimum atomic E-state index is -0.528. The van der Waals surface area contributed by atoms with Gasteiger partial charge in [-0.05, 0) is 49.6 Å². The Morgan fingerprint density at radius 1 is 1.13 bits per heavy atom. The first-order valence-corrected chi connectivity index (χ1v) is 10.4. The molecule has 2 aromatic rings. The summed E-state index contributed by atoms with van der Waals surface area (Å²) in [6.45, 7) is 12.6. The van der Waals surface area contributed by atoms with Crippen molar-refractivity contribution < 1.29 is 14.3 Å². The van der Waals surface area contributed by atoms with Gasteiger partial charge in [0.05, 0.1) is 13.2 Å². The molecule has 1 unspecified atom stereocenters. The Bertz CT molecular complexity index is 871. The fourth-order valence-corrected chi connectivity index (χ4v) is 3.78. The molecule has 1 fully saturated rings. The quantitative estimate of drug-likeness (QED) is 0.688. The lowest BCUT2D eigenvalue weighted by Gasteiger charge is -2.42. The molecule has 0 saturated carbocycles. The molecule has 1 amide bonds. The predicted molar refractivity (Wildman–Crippen MR) is 120 cm³/mol. The highest BCUT2D eigenvalue weighted by Gasteiger charge is 2.35. The number of carbonyl (C=O) groups is 1. The van der Waals surface area contributed by atoms with Crippen molar-refractivity contribution in [2.45, 2.75) is 39.0 Å². The second-order valence-corrected chi connectivity index (χ2v) is 8.61. The Balaban J connectivity index is 1.84. The molecule has 0 N–H and O–H groups in total. The summed E-state index contributed by atoms with van der Waals surface area (Å²) in [5.41, 5.74) is 2.83. The van der Waals surface area contributed by atoms with Crippen molar-refractivity contribution in [3.8, 4) is 5.75 Å². The lowest BCUT2D eigenvalue weighted by Crippen LogP contribution is -2.51. The van der Waals surface area contributed by atoms with E-state index in [0.717, 1.165) is 36.5 Å². The highest BCUT2D eigenvalue weighted by atomic mass is 16.6. The summed E-state index contributed by atoms with van der Waals surface area (Å²) in [7, 11) is 1.67. The van der Waals surface area contributed by atoms with Gasteiger partial charge in [-0.3, -0.25) is 9.80 Å². The molecular formula is C25H32N2O3. The van der Waals surface area contributed by atoms with Crippen LogP contribution in [0, 0.1) is 0 Å². The number of benzene rings is 2. The van der Waals surface area contributed by atoms with Crippen LogP contribution in [0.15, 0.2) is 55.1 Å². The number of hydrogen-bond donors (Lipinski definition) is 0. The molecular weight excluding hydrogens is 376 g/mol. The van der Waals surface area contributed by atoms with Crippen LogP contribution in [0.2, 0.25) is 0 Å². The van der Waals surface area contributed by atoms with Crippen molar-refractivity contribution in [1.29, 1.82) is 0 Å². The maximum Gasteiger partial charge on any atom is 0.410 e. The highest BCUT2D eigenvalue weighted by Crippen LogP contribution is 2.31. The topological polar surface area (TPSA) is 42.0 Å². The average Bonchev–Trinajstić information content (AvgIpc) is 2.73. The maximum absolute atomic E-state index is 13.0. The van der Waals surface area contributed by atoms with Crippen molar-refractivity contribution in [2.75, 3.05) is 26.7 Å².